The van der Waals surface area contributed by atoms with Crippen LogP contribution in [0.25, 0.3) is 0 Å². The maximum atomic E-state index is 13.4. The first-order chi connectivity index (χ1) is 15.1. The summed E-state index contributed by atoms with van der Waals surface area (Å²) in [5.74, 6) is -0.200. The van der Waals surface area contributed by atoms with Crippen LogP contribution in [-0.2, 0) is 11.3 Å². The predicted octanol–water partition coefficient (Wildman–Crippen LogP) is 4.10. The highest BCUT2D eigenvalue weighted by Crippen LogP contribution is 2.19. The van der Waals surface area contributed by atoms with Crippen LogP contribution in [0, 0.1) is 0 Å². The van der Waals surface area contributed by atoms with Gasteiger partial charge in [-0.2, -0.15) is 0 Å². The van der Waals surface area contributed by atoms with Crippen LogP contribution in [0.3, 0.4) is 0 Å². The number of carbonyl (C=O) groups excluding carboxylic acids is 2. The van der Waals surface area contributed by atoms with E-state index in [1.54, 1.807) is 24.3 Å². The second-order valence-electron chi connectivity index (χ2n) is 9.66. The lowest BCUT2D eigenvalue weighted by Crippen LogP contribution is -2.40. The van der Waals surface area contributed by atoms with Gasteiger partial charge >= 0.3 is 0 Å². The Hall–Kier alpha value is -2.86. The number of rotatable bonds is 7. The lowest BCUT2D eigenvalue weighted by atomic mass is 10.1. The van der Waals surface area contributed by atoms with Gasteiger partial charge in [-0.3, -0.25) is 9.59 Å². The highest BCUT2D eigenvalue weighted by atomic mass is 16.5. The van der Waals surface area contributed by atoms with Crippen LogP contribution in [0.15, 0.2) is 48.5 Å². The van der Waals surface area contributed by atoms with Gasteiger partial charge in [0.15, 0.2) is 0 Å². The van der Waals surface area contributed by atoms with Gasteiger partial charge in [-0.05, 0) is 75.6 Å². The molecule has 0 aliphatic carbocycles. The van der Waals surface area contributed by atoms with Crippen LogP contribution in [-0.4, -0.2) is 55.6 Å². The molecular formula is C26H35N3O3. The van der Waals surface area contributed by atoms with Gasteiger partial charge in [0.1, 0.15) is 0 Å². The van der Waals surface area contributed by atoms with E-state index < -0.39 is 0 Å². The highest BCUT2D eigenvalue weighted by Gasteiger charge is 2.24. The molecule has 0 bridgehead atoms. The van der Waals surface area contributed by atoms with Crippen molar-refractivity contribution in [3.63, 3.8) is 0 Å². The molecule has 6 nitrogen and oxygen atoms in total. The summed E-state index contributed by atoms with van der Waals surface area (Å²) < 4.78 is 5.80. The number of ether oxygens (including phenoxy) is 1. The number of hydrogen-bond acceptors (Lipinski definition) is 4. The molecule has 0 radical (unpaired) electrons. The molecule has 0 spiro atoms. The van der Waals surface area contributed by atoms with Crippen LogP contribution in [0.4, 0.5) is 5.69 Å². The van der Waals surface area contributed by atoms with Crippen molar-refractivity contribution >= 4 is 17.5 Å². The summed E-state index contributed by atoms with van der Waals surface area (Å²) in [6, 6.07) is 15.1. The normalized spacial score (nSPS) is 16.0. The third-order valence-corrected chi connectivity index (χ3v) is 5.44. The van der Waals surface area contributed by atoms with Gasteiger partial charge in [0, 0.05) is 56.1 Å². The molecule has 1 aliphatic heterocycles. The van der Waals surface area contributed by atoms with E-state index in [0.717, 1.165) is 30.7 Å². The zero-order valence-corrected chi connectivity index (χ0v) is 19.9. The number of carbonyl (C=O) groups is 2. The number of hydrogen-bond donors (Lipinski definition) is 1. The van der Waals surface area contributed by atoms with E-state index >= 15 is 0 Å². The van der Waals surface area contributed by atoms with E-state index in [9.17, 15) is 9.59 Å². The standard InChI is InChI=1S/C26H35N3O3/c1-26(2,3)27-24(30)20-10-12-21(13-11-20)25(31)29(18-23-7-6-16-32-23)17-19-8-14-22(15-9-19)28(4)5/h8-15,23H,6-7,16-18H2,1-5H3,(H,27,30). The fourth-order valence-electron chi connectivity index (χ4n) is 3.73. The third kappa shape index (κ3) is 6.57. The van der Waals surface area contributed by atoms with Crippen LogP contribution in [0.2, 0.25) is 0 Å². The lowest BCUT2D eigenvalue weighted by Gasteiger charge is -2.26. The Morgan fingerprint density at radius 3 is 2.16 bits per heavy atom. The van der Waals surface area contributed by atoms with E-state index in [4.69, 9.17) is 4.74 Å². The molecule has 1 fully saturated rings. The van der Waals surface area contributed by atoms with Gasteiger partial charge in [0.25, 0.3) is 11.8 Å². The van der Waals surface area contributed by atoms with E-state index in [2.05, 4.69) is 34.5 Å². The summed E-state index contributed by atoms with van der Waals surface area (Å²) in [6.07, 6.45) is 2.06. The van der Waals surface area contributed by atoms with Crippen molar-refractivity contribution < 1.29 is 14.3 Å². The van der Waals surface area contributed by atoms with Crippen LogP contribution in [0.5, 0.6) is 0 Å². The minimum atomic E-state index is -0.314. The second-order valence-corrected chi connectivity index (χ2v) is 9.66. The fraction of sp³-hybridized carbons (Fsp3) is 0.462. The van der Waals surface area contributed by atoms with Gasteiger partial charge in [0.05, 0.1) is 6.10 Å². The molecule has 1 N–H and O–H groups in total. The third-order valence-electron chi connectivity index (χ3n) is 5.44. The summed E-state index contributed by atoms with van der Waals surface area (Å²) in [5.41, 5.74) is 2.99. The summed E-state index contributed by atoms with van der Waals surface area (Å²) in [7, 11) is 4.02. The predicted molar refractivity (Wildman–Crippen MR) is 128 cm³/mol. The first-order valence-electron chi connectivity index (χ1n) is 11.2. The lowest BCUT2D eigenvalue weighted by molar-refractivity contribution is 0.0507. The Kier molecular flexibility index (Phi) is 7.56. The number of benzene rings is 2. The molecule has 1 unspecified atom stereocenters. The van der Waals surface area contributed by atoms with Crippen molar-refractivity contribution in [1.82, 2.24) is 10.2 Å². The van der Waals surface area contributed by atoms with Crippen LogP contribution in [0.1, 0.15) is 59.9 Å². The average Bonchev–Trinajstić information content (AvgIpc) is 3.25. The number of anilines is 1. The Balaban J connectivity index is 1.76. The maximum absolute atomic E-state index is 13.4. The van der Waals surface area contributed by atoms with Crippen molar-refractivity contribution in [3.8, 4) is 0 Å². The van der Waals surface area contributed by atoms with Crippen molar-refractivity contribution in [3.05, 3.63) is 65.2 Å². The molecule has 1 saturated heterocycles. The number of nitrogens with zero attached hydrogens (tertiary/aromatic N) is 2. The zero-order valence-electron chi connectivity index (χ0n) is 19.9. The summed E-state index contributed by atoms with van der Waals surface area (Å²) in [4.78, 5) is 29.7. The van der Waals surface area contributed by atoms with Crippen molar-refractivity contribution in [2.45, 2.75) is 51.8 Å². The molecule has 0 saturated carbocycles. The molecule has 1 heterocycles. The van der Waals surface area contributed by atoms with Crippen molar-refractivity contribution in [2.24, 2.45) is 0 Å². The molecule has 2 aromatic rings. The molecule has 0 aromatic heterocycles. The second kappa shape index (κ2) is 10.2. The Morgan fingerprint density at radius 2 is 1.62 bits per heavy atom. The average molecular weight is 438 g/mol. The van der Waals surface area contributed by atoms with Gasteiger partial charge in [-0.25, -0.2) is 0 Å². The summed E-state index contributed by atoms with van der Waals surface area (Å²) in [6.45, 7) is 7.64. The minimum Gasteiger partial charge on any atom is -0.378 e. The van der Waals surface area contributed by atoms with E-state index in [1.165, 1.54) is 0 Å². The van der Waals surface area contributed by atoms with E-state index in [-0.39, 0.29) is 23.5 Å². The molecule has 172 valence electrons. The maximum Gasteiger partial charge on any atom is 0.254 e. The quantitative estimate of drug-likeness (QED) is 0.708. The minimum absolute atomic E-state index is 0.0556. The van der Waals surface area contributed by atoms with Gasteiger partial charge in [-0.15, -0.1) is 0 Å². The first-order valence-corrected chi connectivity index (χ1v) is 11.2. The summed E-state index contributed by atoms with van der Waals surface area (Å²) >= 11 is 0. The molecule has 1 atom stereocenters. The highest BCUT2D eigenvalue weighted by molar-refractivity contribution is 5.98. The van der Waals surface area contributed by atoms with Gasteiger partial charge in [-0.1, -0.05) is 12.1 Å². The number of amides is 2. The molecule has 2 amide bonds. The van der Waals surface area contributed by atoms with E-state index in [1.807, 2.05) is 39.8 Å². The van der Waals surface area contributed by atoms with Gasteiger partial charge < -0.3 is 19.9 Å². The SMILES string of the molecule is CN(C)c1ccc(CN(CC2CCCO2)C(=O)c2ccc(C(=O)NC(C)(C)C)cc2)cc1. The van der Waals surface area contributed by atoms with Crippen molar-refractivity contribution in [1.29, 1.82) is 0 Å². The van der Waals surface area contributed by atoms with Gasteiger partial charge in [0.2, 0.25) is 0 Å². The summed E-state index contributed by atoms with van der Waals surface area (Å²) in [5, 5.41) is 2.95. The van der Waals surface area contributed by atoms with Crippen molar-refractivity contribution in [2.75, 3.05) is 32.1 Å². The first kappa shape index (κ1) is 23.8. The Morgan fingerprint density at radius 1 is 1.00 bits per heavy atom. The Bertz CT molecular complexity index is 909. The monoisotopic (exact) mass is 437 g/mol. The molecule has 32 heavy (non-hydrogen) atoms. The molecule has 2 aromatic carbocycles. The van der Waals surface area contributed by atoms with E-state index in [0.29, 0.717) is 24.2 Å². The largest absolute Gasteiger partial charge is 0.378 e. The Labute approximate surface area is 191 Å². The topological polar surface area (TPSA) is 61.9 Å². The smallest absolute Gasteiger partial charge is 0.254 e. The van der Waals surface area contributed by atoms with Crippen LogP contribution < -0.4 is 10.2 Å². The number of nitrogens with one attached hydrogen (secondary N) is 1. The zero-order chi connectivity index (χ0) is 23.3. The molecule has 6 heteroatoms. The molecule has 3 rings (SSSR count). The molecule has 1 aliphatic rings. The fourth-order valence-corrected chi connectivity index (χ4v) is 3.73. The molecular weight excluding hydrogens is 402 g/mol. The van der Waals surface area contributed by atoms with Crippen LogP contribution >= 0.6 is 0 Å².